The highest BCUT2D eigenvalue weighted by atomic mass is 32.2. The first-order valence-corrected chi connectivity index (χ1v) is 12.8. The largest absolute Gasteiger partial charge is 0.344 e. The lowest BCUT2D eigenvalue weighted by Crippen LogP contribution is -2.46. The molecule has 1 atom stereocenters. The molecule has 2 amide bonds. The molecule has 0 radical (unpaired) electrons. The Bertz CT molecular complexity index is 1040. The molecule has 0 saturated carbocycles. The summed E-state index contributed by atoms with van der Waals surface area (Å²) in [6.45, 7) is 6.07. The zero-order valence-corrected chi connectivity index (χ0v) is 20.3. The van der Waals surface area contributed by atoms with Gasteiger partial charge in [-0.25, -0.2) is 8.42 Å². The molecule has 8 heteroatoms. The number of amides is 2. The summed E-state index contributed by atoms with van der Waals surface area (Å²) < 4.78 is 27.7. The van der Waals surface area contributed by atoms with E-state index in [-0.39, 0.29) is 22.6 Å². The van der Waals surface area contributed by atoms with Crippen molar-refractivity contribution in [3.63, 3.8) is 0 Å². The van der Waals surface area contributed by atoms with E-state index in [0.717, 1.165) is 19.3 Å². The molecule has 1 saturated heterocycles. The minimum absolute atomic E-state index is 0.0848. The smallest absolute Gasteiger partial charge is 0.247 e. The van der Waals surface area contributed by atoms with Gasteiger partial charge in [0, 0.05) is 25.7 Å². The first kappa shape index (κ1) is 24.9. The minimum Gasteiger partial charge on any atom is -0.344 e. The van der Waals surface area contributed by atoms with Crippen LogP contribution in [0.3, 0.4) is 0 Å². The van der Waals surface area contributed by atoms with Gasteiger partial charge < -0.3 is 10.6 Å². The van der Waals surface area contributed by atoms with Crippen molar-refractivity contribution < 1.29 is 18.0 Å². The van der Waals surface area contributed by atoms with Crippen LogP contribution in [-0.2, 0) is 26.0 Å². The van der Waals surface area contributed by atoms with Crippen LogP contribution in [0.1, 0.15) is 39.2 Å². The second-order valence-electron chi connectivity index (χ2n) is 8.97. The lowest BCUT2D eigenvalue weighted by Gasteiger charge is -2.31. The van der Waals surface area contributed by atoms with Gasteiger partial charge in [0.15, 0.2) is 0 Å². The number of hydrogen-bond donors (Lipinski definition) is 2. The fourth-order valence-corrected chi connectivity index (χ4v) is 5.60. The quantitative estimate of drug-likeness (QED) is 0.617. The van der Waals surface area contributed by atoms with Crippen molar-refractivity contribution >= 4 is 27.5 Å². The molecule has 3 rings (SSSR count). The molecule has 0 bridgehead atoms. The highest BCUT2D eigenvalue weighted by Crippen LogP contribution is 2.27. The molecule has 33 heavy (non-hydrogen) atoms. The third-order valence-electron chi connectivity index (χ3n) is 6.01. The van der Waals surface area contributed by atoms with Crippen molar-refractivity contribution in [3.8, 4) is 0 Å². The Morgan fingerprint density at radius 1 is 1.00 bits per heavy atom. The Kier molecular flexibility index (Phi) is 8.26. The number of carbonyl (C=O) groups excluding carboxylic acids is 2. The van der Waals surface area contributed by atoms with E-state index >= 15 is 0 Å². The van der Waals surface area contributed by atoms with Gasteiger partial charge in [-0.2, -0.15) is 4.31 Å². The van der Waals surface area contributed by atoms with Crippen molar-refractivity contribution in [2.75, 3.05) is 18.4 Å². The molecule has 1 aliphatic rings. The summed E-state index contributed by atoms with van der Waals surface area (Å²) in [6.07, 6.45) is 2.64. The molecule has 2 N–H and O–H groups in total. The number of rotatable bonds is 8. The number of anilines is 1. The van der Waals surface area contributed by atoms with Gasteiger partial charge in [-0.05, 0) is 60.9 Å². The summed E-state index contributed by atoms with van der Waals surface area (Å²) in [5.74, 6) is -0.221. The standard InChI is InChI=1S/C25H33N3O4S/c1-18(2)24(26-19(3)29)25(30)27-22-9-11-23(12-10-22)33(31,32)28-15-13-21(14-16-28)17-20-7-5-4-6-8-20/h4-12,18,21,24H,13-17H2,1-3H3,(H,26,29)(H,27,30)/t24-/m1/s1. The number of piperidine rings is 1. The monoisotopic (exact) mass is 471 g/mol. The highest BCUT2D eigenvalue weighted by molar-refractivity contribution is 7.89. The Morgan fingerprint density at radius 3 is 2.15 bits per heavy atom. The summed E-state index contributed by atoms with van der Waals surface area (Å²) in [5.41, 5.74) is 1.77. The number of nitrogens with one attached hydrogen (secondary N) is 2. The average Bonchev–Trinajstić information content (AvgIpc) is 2.78. The van der Waals surface area contributed by atoms with E-state index in [1.165, 1.54) is 24.6 Å². The maximum atomic E-state index is 13.1. The van der Waals surface area contributed by atoms with E-state index in [4.69, 9.17) is 0 Å². The predicted molar refractivity (Wildman–Crippen MR) is 129 cm³/mol. The molecular weight excluding hydrogens is 438 g/mol. The van der Waals surface area contributed by atoms with Crippen LogP contribution >= 0.6 is 0 Å². The summed E-state index contributed by atoms with van der Waals surface area (Å²) >= 11 is 0. The van der Waals surface area contributed by atoms with Gasteiger partial charge in [-0.3, -0.25) is 9.59 Å². The van der Waals surface area contributed by atoms with Gasteiger partial charge in [0.05, 0.1) is 4.90 Å². The van der Waals surface area contributed by atoms with Crippen LogP contribution in [-0.4, -0.2) is 43.7 Å². The Hall–Kier alpha value is -2.71. The molecule has 7 nitrogen and oxygen atoms in total. The summed E-state index contributed by atoms with van der Waals surface area (Å²) in [7, 11) is -3.59. The van der Waals surface area contributed by atoms with Crippen molar-refractivity contribution in [1.29, 1.82) is 0 Å². The van der Waals surface area contributed by atoms with Crippen LogP contribution in [0.5, 0.6) is 0 Å². The van der Waals surface area contributed by atoms with Crippen molar-refractivity contribution in [2.45, 2.75) is 51.0 Å². The Morgan fingerprint density at radius 2 is 1.61 bits per heavy atom. The lowest BCUT2D eigenvalue weighted by molar-refractivity contribution is -0.126. The van der Waals surface area contributed by atoms with Crippen LogP contribution in [0.4, 0.5) is 5.69 Å². The zero-order valence-electron chi connectivity index (χ0n) is 19.5. The molecule has 1 heterocycles. The molecule has 178 valence electrons. The van der Waals surface area contributed by atoms with Crippen LogP contribution in [0.2, 0.25) is 0 Å². The Balaban J connectivity index is 1.59. The SMILES string of the molecule is CC(=O)N[C@@H](C(=O)Nc1ccc(S(=O)(=O)N2CCC(Cc3ccccc3)CC2)cc1)C(C)C. The first-order chi connectivity index (χ1) is 15.7. The van der Waals surface area contributed by atoms with E-state index in [2.05, 4.69) is 22.8 Å². The van der Waals surface area contributed by atoms with Gasteiger partial charge in [0.2, 0.25) is 21.8 Å². The predicted octanol–water partition coefficient (Wildman–Crippen LogP) is 3.43. The second kappa shape index (κ2) is 10.9. The number of nitrogens with zero attached hydrogens (tertiary/aromatic N) is 1. The molecule has 0 spiro atoms. The number of benzene rings is 2. The van der Waals surface area contributed by atoms with Gasteiger partial charge in [-0.1, -0.05) is 44.2 Å². The van der Waals surface area contributed by atoms with Gasteiger partial charge in [0.25, 0.3) is 0 Å². The van der Waals surface area contributed by atoms with Crippen molar-refractivity contribution in [3.05, 3.63) is 60.2 Å². The van der Waals surface area contributed by atoms with E-state index in [1.54, 1.807) is 16.4 Å². The molecule has 0 unspecified atom stereocenters. The second-order valence-corrected chi connectivity index (χ2v) is 10.9. The summed E-state index contributed by atoms with van der Waals surface area (Å²) in [6, 6.07) is 15.8. The molecule has 2 aromatic carbocycles. The maximum absolute atomic E-state index is 13.1. The van der Waals surface area contributed by atoms with E-state index in [1.807, 2.05) is 32.0 Å². The first-order valence-electron chi connectivity index (χ1n) is 11.4. The van der Waals surface area contributed by atoms with E-state index in [0.29, 0.717) is 24.7 Å². The fourth-order valence-electron chi connectivity index (χ4n) is 4.13. The van der Waals surface area contributed by atoms with Crippen LogP contribution < -0.4 is 10.6 Å². The third-order valence-corrected chi connectivity index (χ3v) is 7.92. The minimum atomic E-state index is -3.59. The highest BCUT2D eigenvalue weighted by Gasteiger charge is 2.29. The lowest BCUT2D eigenvalue weighted by atomic mass is 9.91. The normalized spacial score (nSPS) is 16.4. The van der Waals surface area contributed by atoms with E-state index < -0.39 is 16.1 Å². The Labute approximate surface area is 196 Å². The third kappa shape index (κ3) is 6.65. The van der Waals surface area contributed by atoms with Gasteiger partial charge in [0.1, 0.15) is 6.04 Å². The topological polar surface area (TPSA) is 95.6 Å². The number of sulfonamides is 1. The van der Waals surface area contributed by atoms with Crippen molar-refractivity contribution in [2.24, 2.45) is 11.8 Å². The zero-order chi connectivity index (χ0) is 24.0. The molecule has 1 fully saturated rings. The molecular formula is C25H33N3O4S. The van der Waals surface area contributed by atoms with Crippen LogP contribution in [0, 0.1) is 11.8 Å². The number of hydrogen-bond acceptors (Lipinski definition) is 4. The number of carbonyl (C=O) groups is 2. The van der Waals surface area contributed by atoms with E-state index in [9.17, 15) is 18.0 Å². The summed E-state index contributed by atoms with van der Waals surface area (Å²) in [5, 5.41) is 5.40. The van der Waals surface area contributed by atoms with Crippen LogP contribution in [0.25, 0.3) is 0 Å². The molecule has 1 aliphatic heterocycles. The molecule has 0 aliphatic carbocycles. The van der Waals surface area contributed by atoms with Crippen molar-refractivity contribution in [1.82, 2.24) is 9.62 Å². The summed E-state index contributed by atoms with van der Waals surface area (Å²) in [4.78, 5) is 24.1. The maximum Gasteiger partial charge on any atom is 0.247 e. The van der Waals surface area contributed by atoms with Gasteiger partial charge >= 0.3 is 0 Å². The van der Waals surface area contributed by atoms with Gasteiger partial charge in [-0.15, -0.1) is 0 Å². The molecule has 2 aromatic rings. The fraction of sp³-hybridized carbons (Fsp3) is 0.440. The average molecular weight is 472 g/mol. The molecule has 0 aromatic heterocycles. The van der Waals surface area contributed by atoms with Crippen LogP contribution in [0.15, 0.2) is 59.5 Å².